The molecular weight excluding hydrogens is 662 g/mol. The summed E-state index contributed by atoms with van der Waals surface area (Å²) in [4.78, 5) is 29.9. The van der Waals surface area contributed by atoms with Crippen molar-refractivity contribution in [2.24, 2.45) is 33.4 Å². The summed E-state index contributed by atoms with van der Waals surface area (Å²) in [5, 5.41) is 0.747. The number of allylic oxidation sites excluding steroid dienone is 1. The van der Waals surface area contributed by atoms with Crippen molar-refractivity contribution in [2.75, 3.05) is 50.7 Å². The normalized spacial score (nSPS) is 37.3. The van der Waals surface area contributed by atoms with E-state index in [2.05, 4.69) is 38.3 Å². The number of hydrogen-bond acceptors (Lipinski definition) is 7. The van der Waals surface area contributed by atoms with Crippen LogP contribution in [0.3, 0.4) is 0 Å². The van der Waals surface area contributed by atoms with Crippen molar-refractivity contribution in [1.29, 1.82) is 0 Å². The first-order chi connectivity index (χ1) is 23.6. The second-order valence-corrected chi connectivity index (χ2v) is 17.9. The smallest absolute Gasteiger partial charge is 0.286 e. The van der Waals surface area contributed by atoms with Crippen LogP contribution in [0.15, 0.2) is 52.9 Å². The van der Waals surface area contributed by atoms with Crippen LogP contribution in [-0.4, -0.2) is 67.9 Å². The van der Waals surface area contributed by atoms with Crippen LogP contribution in [0.4, 0.5) is 5.69 Å². The quantitative estimate of drug-likeness (QED) is 0.383. The predicted molar refractivity (Wildman–Crippen MR) is 189 cm³/mol. The number of aryl methyl sites for hydroxylation is 1. The molecule has 6 aliphatic rings. The molecule has 2 amide bonds. The van der Waals surface area contributed by atoms with Gasteiger partial charge in [0.05, 0.1) is 42.8 Å². The van der Waals surface area contributed by atoms with E-state index in [0.717, 1.165) is 61.7 Å². The van der Waals surface area contributed by atoms with E-state index in [-0.39, 0.29) is 35.0 Å². The zero-order valence-electron chi connectivity index (χ0n) is 28.3. The van der Waals surface area contributed by atoms with Crippen molar-refractivity contribution in [3.63, 3.8) is 0 Å². The number of halogens is 1. The van der Waals surface area contributed by atoms with Crippen molar-refractivity contribution >= 4 is 39.0 Å². The molecule has 3 fully saturated rings. The Morgan fingerprint density at radius 1 is 1.18 bits per heavy atom. The molecule has 2 unspecified atom stereocenters. The van der Waals surface area contributed by atoms with Crippen LogP contribution < -0.4 is 14.4 Å². The lowest BCUT2D eigenvalue weighted by Gasteiger charge is -2.46. The SMILES string of the molecule is CO[C@H]1/C=C\C[C@H](C)CS(=O)(NC(=O)[C@@]23COCC2C3)=NC(=O)c2ccc3c(c2)N(C[C@@H]2CC[C@H]21)C[C@@]1(CCCc2cc(Cl)ccc21)CO3. The van der Waals surface area contributed by atoms with Crippen LogP contribution >= 0.6 is 11.6 Å². The first-order valence-electron chi connectivity index (χ1n) is 17.8. The summed E-state index contributed by atoms with van der Waals surface area (Å²) >= 11 is 6.45. The molecule has 8 atom stereocenters. The fourth-order valence-corrected chi connectivity index (χ4v) is 11.3. The third-order valence-corrected chi connectivity index (χ3v) is 14.4. The number of benzene rings is 2. The number of hydrogen-bond donors (Lipinski definition) is 1. The summed E-state index contributed by atoms with van der Waals surface area (Å²) in [5.74, 6) is 0.636. The van der Waals surface area contributed by atoms with Gasteiger partial charge in [0.15, 0.2) is 0 Å². The number of rotatable bonds is 3. The lowest BCUT2D eigenvalue weighted by atomic mass is 9.68. The van der Waals surface area contributed by atoms with E-state index in [4.69, 9.17) is 25.8 Å². The molecule has 9 nitrogen and oxygen atoms in total. The minimum Gasteiger partial charge on any atom is -0.490 e. The van der Waals surface area contributed by atoms with Crippen LogP contribution in [0, 0.1) is 29.1 Å². The van der Waals surface area contributed by atoms with Gasteiger partial charge in [-0.05, 0) is 104 Å². The molecule has 1 saturated heterocycles. The number of amides is 2. The summed E-state index contributed by atoms with van der Waals surface area (Å²) in [6, 6.07) is 11.7. The molecule has 3 aliphatic carbocycles. The maximum Gasteiger partial charge on any atom is 0.286 e. The van der Waals surface area contributed by atoms with Gasteiger partial charge in [-0.3, -0.25) is 14.3 Å². The van der Waals surface area contributed by atoms with Gasteiger partial charge in [0, 0.05) is 42.1 Å². The lowest BCUT2D eigenvalue weighted by Crippen LogP contribution is -2.49. The molecule has 2 aromatic rings. The average Bonchev–Trinajstić information content (AvgIpc) is 3.67. The van der Waals surface area contributed by atoms with Gasteiger partial charge in [-0.1, -0.05) is 36.7 Å². The first kappa shape index (κ1) is 33.2. The van der Waals surface area contributed by atoms with E-state index < -0.39 is 21.2 Å². The monoisotopic (exact) mass is 707 g/mol. The van der Waals surface area contributed by atoms with Crippen LogP contribution in [0.2, 0.25) is 5.02 Å². The maximum atomic E-state index is 14.5. The summed E-state index contributed by atoms with van der Waals surface area (Å²) in [6.07, 6.45) is 10.7. The summed E-state index contributed by atoms with van der Waals surface area (Å²) in [5.41, 5.74) is 2.82. The predicted octanol–water partition coefficient (Wildman–Crippen LogP) is 6.13. The molecular formula is C38H46ClN3O6S. The molecule has 0 aromatic heterocycles. The molecule has 0 radical (unpaired) electrons. The molecule has 1 N–H and O–H groups in total. The highest BCUT2D eigenvalue weighted by molar-refractivity contribution is 7.92. The van der Waals surface area contributed by atoms with E-state index in [9.17, 15) is 13.8 Å². The first-order valence-corrected chi connectivity index (χ1v) is 19.9. The Morgan fingerprint density at radius 3 is 2.82 bits per heavy atom. The van der Waals surface area contributed by atoms with E-state index in [1.807, 2.05) is 25.1 Å². The third-order valence-electron chi connectivity index (χ3n) is 12.1. The van der Waals surface area contributed by atoms with Gasteiger partial charge in [0.25, 0.3) is 5.91 Å². The Bertz CT molecular complexity index is 1820. The molecule has 3 aliphatic heterocycles. The molecule has 2 saturated carbocycles. The number of nitrogens with zero attached hydrogens (tertiary/aromatic N) is 2. The highest BCUT2D eigenvalue weighted by Crippen LogP contribution is 2.57. The van der Waals surface area contributed by atoms with Gasteiger partial charge in [-0.15, -0.1) is 4.36 Å². The van der Waals surface area contributed by atoms with Gasteiger partial charge in [0.1, 0.15) is 15.7 Å². The van der Waals surface area contributed by atoms with Crippen LogP contribution in [0.1, 0.15) is 66.9 Å². The van der Waals surface area contributed by atoms with E-state index in [1.165, 1.54) is 11.1 Å². The lowest BCUT2D eigenvalue weighted by molar-refractivity contribution is -0.125. The second-order valence-electron chi connectivity index (χ2n) is 15.5. The van der Waals surface area contributed by atoms with Crippen LogP contribution in [-0.2, 0) is 36.0 Å². The van der Waals surface area contributed by atoms with Crippen LogP contribution in [0.5, 0.6) is 5.75 Å². The van der Waals surface area contributed by atoms with Crippen molar-refractivity contribution in [2.45, 2.75) is 63.4 Å². The number of anilines is 1. The molecule has 11 heteroatoms. The third kappa shape index (κ3) is 6.10. The highest BCUT2D eigenvalue weighted by atomic mass is 35.5. The zero-order chi connectivity index (χ0) is 34.0. The molecule has 8 rings (SSSR count). The van der Waals surface area contributed by atoms with E-state index in [0.29, 0.717) is 50.1 Å². The molecule has 2 aromatic carbocycles. The molecule has 3 heterocycles. The van der Waals surface area contributed by atoms with Crippen LogP contribution in [0.25, 0.3) is 0 Å². The number of nitrogens with one attached hydrogen (secondary N) is 1. The van der Waals surface area contributed by atoms with Crippen molar-refractivity contribution < 1.29 is 28.0 Å². The zero-order valence-corrected chi connectivity index (χ0v) is 29.9. The average molecular weight is 708 g/mol. The Labute approximate surface area is 294 Å². The molecule has 1 spiro atoms. The second kappa shape index (κ2) is 12.7. The van der Waals surface area contributed by atoms with Gasteiger partial charge in [0.2, 0.25) is 5.91 Å². The van der Waals surface area contributed by atoms with Crippen molar-refractivity contribution in [3.05, 3.63) is 70.3 Å². The van der Waals surface area contributed by atoms with Gasteiger partial charge in [-0.2, -0.15) is 0 Å². The number of methoxy groups -OCH3 is 1. The summed E-state index contributed by atoms with van der Waals surface area (Å²) < 4.78 is 39.9. The fourth-order valence-electron chi connectivity index (χ4n) is 9.12. The standard InChI is InChI=1S/C38H46ClN3O6S/c1-24-5-3-7-33(46-2)30-11-8-27(30)18-42-21-37(14-4-6-25-15-29(39)10-12-31(25)37)22-48-34-13-9-26(16-32(34)42)35(43)40-49(45,20-24)41-36(44)38-17-28(38)19-47-23-38/h3,7,9-10,12-13,15-16,24,27-28,30,33H,4-6,8,11,14,17-23H2,1-2H3,(H,40,41,43,44,45)/b7-3-/t24-,27-,28?,30+,33-,37-,38-,49?/m0/s1. The van der Waals surface area contributed by atoms with Gasteiger partial charge in [-0.25, -0.2) is 4.21 Å². The van der Waals surface area contributed by atoms with Gasteiger partial charge >= 0.3 is 0 Å². The van der Waals surface area contributed by atoms with Crippen molar-refractivity contribution in [1.82, 2.24) is 4.72 Å². The molecule has 262 valence electrons. The van der Waals surface area contributed by atoms with Crippen molar-refractivity contribution in [3.8, 4) is 5.75 Å². The van der Waals surface area contributed by atoms with Gasteiger partial charge < -0.3 is 19.1 Å². The molecule has 2 bridgehead atoms. The fraction of sp³-hybridized carbons (Fsp3) is 0.579. The maximum absolute atomic E-state index is 14.5. The Balaban J connectivity index is 1.19. The summed E-state index contributed by atoms with van der Waals surface area (Å²) in [7, 11) is -1.67. The summed E-state index contributed by atoms with van der Waals surface area (Å²) in [6.45, 7) is 4.87. The largest absolute Gasteiger partial charge is 0.490 e. The highest BCUT2D eigenvalue weighted by Gasteiger charge is 2.64. The number of ether oxygens (including phenoxy) is 3. The Hall–Kier alpha value is -2.92. The number of carbonyl (C=O) groups is 2. The minimum atomic E-state index is -3.44. The van der Waals surface area contributed by atoms with E-state index in [1.54, 1.807) is 13.2 Å². The number of carbonyl (C=O) groups excluding carboxylic acids is 2. The Kier molecular flexibility index (Phi) is 8.61. The Morgan fingerprint density at radius 2 is 2.06 bits per heavy atom. The van der Waals surface area contributed by atoms with E-state index >= 15 is 0 Å². The number of fused-ring (bicyclic) bond motifs is 5. The minimum absolute atomic E-state index is 0.0389. The topological polar surface area (TPSA) is 107 Å². The molecule has 49 heavy (non-hydrogen) atoms.